The van der Waals surface area contributed by atoms with E-state index in [0.717, 1.165) is 56.1 Å². The lowest BCUT2D eigenvalue weighted by Gasteiger charge is -2.18. The molecule has 10 nitrogen and oxygen atoms in total. The second kappa shape index (κ2) is 25.8. The Bertz CT molecular complexity index is 1380. The minimum Gasteiger partial charge on any atom is -0.507 e. The molecule has 0 aromatic heterocycles. The third-order valence-corrected chi connectivity index (χ3v) is 9.74. The van der Waals surface area contributed by atoms with Crippen LogP contribution in [0.25, 0.3) is 0 Å². The predicted octanol–water partition coefficient (Wildman–Crippen LogP) is 8.74. The van der Waals surface area contributed by atoms with E-state index < -0.39 is 11.8 Å². The quantitative estimate of drug-likeness (QED) is 0.0445. The van der Waals surface area contributed by atoms with E-state index in [1.807, 2.05) is 19.1 Å². The number of phenols is 2. The average Bonchev–Trinajstić information content (AvgIpc) is 3.14. The molecule has 0 spiro atoms. The Balaban J connectivity index is 1.75. The second-order valence-electron chi connectivity index (χ2n) is 14.3. The van der Waals surface area contributed by atoms with Crippen molar-refractivity contribution in [2.75, 3.05) is 0 Å². The Morgan fingerprint density at radius 1 is 0.519 bits per heavy atom. The van der Waals surface area contributed by atoms with Gasteiger partial charge in [-0.25, -0.2) is 0 Å². The fraction of sp³-hybridized carbons (Fsp3) is 0.619. The molecule has 0 heterocycles. The van der Waals surface area contributed by atoms with E-state index in [1.54, 1.807) is 19.1 Å². The van der Waals surface area contributed by atoms with Crippen LogP contribution in [0.1, 0.15) is 175 Å². The monoisotopic (exact) mass is 722 g/mol. The van der Waals surface area contributed by atoms with Gasteiger partial charge >= 0.3 is 0 Å². The molecule has 2 aromatic rings. The van der Waals surface area contributed by atoms with Crippen LogP contribution >= 0.6 is 0 Å². The minimum absolute atomic E-state index is 0.127. The van der Waals surface area contributed by atoms with Gasteiger partial charge in [0, 0.05) is 11.8 Å². The van der Waals surface area contributed by atoms with Crippen LogP contribution in [0.5, 0.6) is 11.5 Å². The number of rotatable bonds is 25. The van der Waals surface area contributed by atoms with Gasteiger partial charge in [0.05, 0.1) is 11.1 Å². The molecule has 4 amide bonds. The van der Waals surface area contributed by atoms with E-state index in [9.17, 15) is 29.4 Å². The van der Waals surface area contributed by atoms with Gasteiger partial charge in [-0.05, 0) is 80.3 Å². The van der Waals surface area contributed by atoms with Gasteiger partial charge in [-0.1, -0.05) is 123 Å². The van der Waals surface area contributed by atoms with Crippen LogP contribution in [0.2, 0.25) is 0 Å². The molecule has 0 bridgehead atoms. The molecule has 2 unspecified atom stereocenters. The molecule has 2 rings (SSSR count). The third-order valence-electron chi connectivity index (χ3n) is 9.74. The first-order valence-electron chi connectivity index (χ1n) is 19.9. The molecule has 10 heteroatoms. The van der Waals surface area contributed by atoms with Crippen molar-refractivity contribution in [3.8, 4) is 11.5 Å². The van der Waals surface area contributed by atoms with E-state index >= 15 is 0 Å². The van der Waals surface area contributed by atoms with Gasteiger partial charge in [-0.15, -0.1) is 0 Å². The predicted molar refractivity (Wildman–Crippen MR) is 208 cm³/mol. The second-order valence-corrected chi connectivity index (χ2v) is 14.3. The first-order valence-corrected chi connectivity index (χ1v) is 19.9. The van der Waals surface area contributed by atoms with Crippen molar-refractivity contribution >= 4 is 23.6 Å². The summed E-state index contributed by atoms with van der Waals surface area (Å²) in [5, 5.41) is 20.6. The number of hydrogen-bond acceptors (Lipinski definition) is 6. The normalized spacial score (nSPS) is 12.2. The molecule has 0 aliphatic carbocycles. The van der Waals surface area contributed by atoms with Crippen molar-refractivity contribution in [3.05, 3.63) is 58.7 Å². The summed E-state index contributed by atoms with van der Waals surface area (Å²) in [4.78, 5) is 51.4. The molecule has 6 N–H and O–H groups in total. The first-order chi connectivity index (χ1) is 25.1. The third kappa shape index (κ3) is 17.0. The number of carbonyl (C=O) groups is 4. The van der Waals surface area contributed by atoms with Crippen molar-refractivity contribution in [2.45, 2.75) is 156 Å². The number of aryl methyl sites for hydroxylation is 2. The van der Waals surface area contributed by atoms with E-state index in [2.05, 4.69) is 35.6 Å². The fourth-order valence-corrected chi connectivity index (χ4v) is 6.38. The molecule has 52 heavy (non-hydrogen) atoms. The van der Waals surface area contributed by atoms with Crippen LogP contribution < -0.4 is 21.7 Å². The van der Waals surface area contributed by atoms with Crippen molar-refractivity contribution in [1.82, 2.24) is 21.7 Å². The van der Waals surface area contributed by atoms with Crippen molar-refractivity contribution in [1.29, 1.82) is 0 Å². The summed E-state index contributed by atoms with van der Waals surface area (Å²) in [7, 11) is 0. The van der Waals surface area contributed by atoms with Crippen molar-refractivity contribution in [3.63, 3.8) is 0 Å². The zero-order valence-corrected chi connectivity index (χ0v) is 32.3. The van der Waals surface area contributed by atoms with Gasteiger partial charge in [-0.3, -0.25) is 40.9 Å². The summed E-state index contributed by atoms with van der Waals surface area (Å²) in [6, 6.07) is 10.1. The van der Waals surface area contributed by atoms with Gasteiger partial charge in [0.2, 0.25) is 11.8 Å². The van der Waals surface area contributed by atoms with Crippen molar-refractivity contribution < 1.29 is 29.4 Å². The van der Waals surface area contributed by atoms with Crippen LogP contribution in [0.4, 0.5) is 0 Å². The highest BCUT2D eigenvalue weighted by Gasteiger charge is 2.21. The highest BCUT2D eigenvalue weighted by molar-refractivity contribution is 5.98. The van der Waals surface area contributed by atoms with Gasteiger partial charge < -0.3 is 10.2 Å². The van der Waals surface area contributed by atoms with E-state index in [0.29, 0.717) is 32.1 Å². The SMILES string of the molecule is CCCCCCCCc1ccc(O)c(C(=O)NNC(=O)C(C)CCCCC(CCC)C(=O)NNC(=O)c2cc(CCCCCCCC)ccc2O)c1. The Hall–Kier alpha value is -4.08. The topological polar surface area (TPSA) is 157 Å². The van der Waals surface area contributed by atoms with Gasteiger partial charge in [0.15, 0.2) is 0 Å². The molecule has 2 aromatic carbocycles. The van der Waals surface area contributed by atoms with Gasteiger partial charge in [0.25, 0.3) is 11.8 Å². The van der Waals surface area contributed by atoms with Crippen LogP contribution in [-0.2, 0) is 22.4 Å². The lowest BCUT2D eigenvalue weighted by Crippen LogP contribution is -2.44. The number of aromatic hydroxyl groups is 2. The summed E-state index contributed by atoms with van der Waals surface area (Å²) in [5.41, 5.74) is 12.1. The van der Waals surface area contributed by atoms with Crippen LogP contribution in [0.15, 0.2) is 36.4 Å². The van der Waals surface area contributed by atoms with Gasteiger partial charge in [0.1, 0.15) is 11.5 Å². The lowest BCUT2D eigenvalue weighted by molar-refractivity contribution is -0.127. The number of phenolic OH excluding ortho intramolecular Hbond substituents is 2. The van der Waals surface area contributed by atoms with Crippen molar-refractivity contribution in [2.24, 2.45) is 11.8 Å². The summed E-state index contributed by atoms with van der Waals surface area (Å²) in [6.07, 6.45) is 19.7. The number of carbonyl (C=O) groups excluding carboxylic acids is 4. The Morgan fingerprint density at radius 2 is 0.962 bits per heavy atom. The van der Waals surface area contributed by atoms with Gasteiger partial charge in [-0.2, -0.15) is 0 Å². The molecular weight excluding hydrogens is 656 g/mol. The molecule has 290 valence electrons. The zero-order chi connectivity index (χ0) is 38.1. The summed E-state index contributed by atoms with van der Waals surface area (Å²) >= 11 is 0. The van der Waals surface area contributed by atoms with E-state index in [4.69, 9.17) is 0 Å². The largest absolute Gasteiger partial charge is 0.507 e. The molecule has 0 fully saturated rings. The molecular formula is C42H66N4O6. The molecule has 0 radical (unpaired) electrons. The standard InChI is InChI=1S/C42H66N4O6/c1-5-8-10-12-14-16-22-32-25-27-37(47)35(29-32)41(51)45-43-39(49)31(4)21-18-19-24-34(20-7-3)40(50)44-46-42(52)36-30-33(26-28-38(36)48)23-17-15-13-11-9-6-2/h25-31,34,47-48H,5-24H2,1-4H3,(H,43,49)(H,44,50)(H,45,51)(H,46,52). The summed E-state index contributed by atoms with van der Waals surface area (Å²) in [6.45, 7) is 8.17. The molecule has 2 atom stereocenters. The van der Waals surface area contributed by atoms with Crippen LogP contribution in [0.3, 0.4) is 0 Å². The van der Waals surface area contributed by atoms with Crippen LogP contribution in [0, 0.1) is 11.8 Å². The summed E-state index contributed by atoms with van der Waals surface area (Å²) < 4.78 is 0. The molecule has 0 saturated carbocycles. The fourth-order valence-electron chi connectivity index (χ4n) is 6.38. The number of benzene rings is 2. The van der Waals surface area contributed by atoms with E-state index in [1.165, 1.54) is 63.5 Å². The minimum atomic E-state index is -0.570. The highest BCUT2D eigenvalue weighted by atomic mass is 16.3. The lowest BCUT2D eigenvalue weighted by atomic mass is 9.94. The Labute approximate surface area is 312 Å². The maximum atomic E-state index is 13.0. The maximum Gasteiger partial charge on any atom is 0.273 e. The average molecular weight is 723 g/mol. The molecule has 0 aliphatic heterocycles. The molecule has 0 saturated heterocycles. The Morgan fingerprint density at radius 3 is 1.44 bits per heavy atom. The maximum absolute atomic E-state index is 13.0. The number of hydrazine groups is 2. The number of amides is 4. The summed E-state index contributed by atoms with van der Waals surface area (Å²) in [5.74, 6) is -2.71. The first kappa shape index (κ1) is 44.1. The Kier molecular flexibility index (Phi) is 21.9. The zero-order valence-electron chi connectivity index (χ0n) is 32.3. The molecule has 0 aliphatic rings. The number of unbranched alkanes of at least 4 members (excludes halogenated alkanes) is 11. The highest BCUT2D eigenvalue weighted by Crippen LogP contribution is 2.22. The van der Waals surface area contributed by atoms with E-state index in [-0.39, 0.29) is 46.3 Å². The number of nitrogens with one attached hydrogen (secondary N) is 4. The number of hydrogen-bond donors (Lipinski definition) is 6. The smallest absolute Gasteiger partial charge is 0.273 e. The van der Waals surface area contributed by atoms with Crippen LogP contribution in [-0.4, -0.2) is 33.8 Å².